The second-order valence-corrected chi connectivity index (χ2v) is 6.06. The van der Waals surface area contributed by atoms with Crippen molar-refractivity contribution in [2.45, 2.75) is 20.5 Å². The minimum atomic E-state index is -0.381. The Morgan fingerprint density at radius 3 is 2.74 bits per heavy atom. The summed E-state index contributed by atoms with van der Waals surface area (Å²) in [4.78, 5) is 11.7. The molecule has 0 saturated heterocycles. The van der Waals surface area contributed by atoms with Crippen LogP contribution in [0.5, 0.6) is 5.75 Å². The fourth-order valence-electron chi connectivity index (χ4n) is 2.26. The van der Waals surface area contributed by atoms with Gasteiger partial charge in [0.25, 0.3) is 0 Å². The number of rotatable bonds is 4. The lowest BCUT2D eigenvalue weighted by molar-refractivity contribution is 0.303. The highest BCUT2D eigenvalue weighted by Gasteiger charge is 2.10. The molecule has 118 valence electrons. The molecule has 3 rings (SSSR count). The number of benzene rings is 2. The van der Waals surface area contributed by atoms with E-state index in [4.69, 9.17) is 4.74 Å². The summed E-state index contributed by atoms with van der Waals surface area (Å²) < 4.78 is 8.22. The number of H-pyrrole nitrogens is 1. The van der Waals surface area contributed by atoms with Crippen molar-refractivity contribution in [3.63, 3.8) is 0 Å². The van der Waals surface area contributed by atoms with Gasteiger partial charge < -0.3 is 4.74 Å². The molecule has 0 unspecified atom stereocenters. The van der Waals surface area contributed by atoms with Gasteiger partial charge in [0.1, 0.15) is 12.4 Å². The van der Waals surface area contributed by atoms with Gasteiger partial charge in [-0.25, -0.2) is 9.89 Å². The number of halogens is 1. The molecule has 0 radical (unpaired) electrons. The average molecular weight is 375 g/mol. The van der Waals surface area contributed by atoms with Crippen LogP contribution in [-0.2, 0) is 6.61 Å². The monoisotopic (exact) mass is 374 g/mol. The topological polar surface area (TPSA) is 72.8 Å². The van der Waals surface area contributed by atoms with Crippen LogP contribution in [0.15, 0.2) is 45.7 Å². The van der Waals surface area contributed by atoms with Crippen molar-refractivity contribution in [2.75, 3.05) is 0 Å². The van der Waals surface area contributed by atoms with Crippen LogP contribution < -0.4 is 10.4 Å². The van der Waals surface area contributed by atoms with Gasteiger partial charge in [-0.15, -0.1) is 0 Å². The minimum absolute atomic E-state index is 0.331. The molecule has 1 aromatic heterocycles. The van der Waals surface area contributed by atoms with Crippen molar-refractivity contribution in [3.05, 3.63) is 68.0 Å². The van der Waals surface area contributed by atoms with Gasteiger partial charge in [0.05, 0.1) is 5.69 Å². The van der Waals surface area contributed by atoms with Crippen LogP contribution >= 0.6 is 15.9 Å². The Balaban J connectivity index is 1.89. The predicted molar refractivity (Wildman–Crippen MR) is 89.9 cm³/mol. The van der Waals surface area contributed by atoms with Gasteiger partial charge in [0, 0.05) is 10.0 Å². The summed E-state index contributed by atoms with van der Waals surface area (Å²) in [6.45, 7) is 4.34. The molecule has 7 heteroatoms. The molecule has 0 spiro atoms. The zero-order chi connectivity index (χ0) is 16.4. The summed E-state index contributed by atoms with van der Waals surface area (Å²) in [7, 11) is 0. The Morgan fingerprint density at radius 2 is 2.00 bits per heavy atom. The summed E-state index contributed by atoms with van der Waals surface area (Å²) in [5, 5.41) is 9.60. The third-order valence-corrected chi connectivity index (χ3v) is 4.39. The van der Waals surface area contributed by atoms with E-state index in [9.17, 15) is 4.79 Å². The van der Waals surface area contributed by atoms with Crippen molar-refractivity contribution < 1.29 is 4.74 Å². The first kappa shape index (κ1) is 15.5. The van der Waals surface area contributed by atoms with E-state index in [0.29, 0.717) is 12.3 Å². The molecule has 0 aliphatic rings. The number of hydrogen-bond donors (Lipinski definition) is 1. The van der Waals surface area contributed by atoms with Gasteiger partial charge in [-0.05, 0) is 53.6 Å². The SMILES string of the molecule is Cc1cc(OCc2ccccc2-n2nn[nH]c2=O)c(C)cc1Br. The fraction of sp³-hybridized carbons (Fsp3) is 0.188. The number of hydrogen-bond acceptors (Lipinski definition) is 4. The highest BCUT2D eigenvalue weighted by Crippen LogP contribution is 2.27. The number of aryl methyl sites for hydroxylation is 2. The lowest BCUT2D eigenvalue weighted by Gasteiger charge is -2.13. The lowest BCUT2D eigenvalue weighted by Crippen LogP contribution is -2.18. The zero-order valence-corrected chi connectivity index (χ0v) is 14.3. The van der Waals surface area contributed by atoms with Crippen LogP contribution in [0.4, 0.5) is 0 Å². The molecule has 0 aliphatic carbocycles. The maximum absolute atomic E-state index is 11.7. The fourth-order valence-corrected chi connectivity index (χ4v) is 2.72. The minimum Gasteiger partial charge on any atom is -0.489 e. The number of tetrazole rings is 1. The molecule has 0 fully saturated rings. The Bertz CT molecular complexity index is 901. The van der Waals surface area contributed by atoms with E-state index in [2.05, 4.69) is 31.5 Å². The Hall–Kier alpha value is -2.41. The molecule has 6 nitrogen and oxygen atoms in total. The third kappa shape index (κ3) is 3.19. The smallest absolute Gasteiger partial charge is 0.365 e. The van der Waals surface area contributed by atoms with Crippen molar-refractivity contribution in [2.24, 2.45) is 0 Å². The van der Waals surface area contributed by atoms with Crippen LogP contribution in [0.1, 0.15) is 16.7 Å². The van der Waals surface area contributed by atoms with Crippen LogP contribution in [0.25, 0.3) is 5.69 Å². The van der Waals surface area contributed by atoms with Gasteiger partial charge >= 0.3 is 5.69 Å². The first-order valence-corrected chi connectivity index (χ1v) is 7.84. The van der Waals surface area contributed by atoms with E-state index in [1.54, 1.807) is 0 Å². The second-order valence-electron chi connectivity index (χ2n) is 5.20. The summed E-state index contributed by atoms with van der Waals surface area (Å²) in [5.41, 5.74) is 3.26. The Morgan fingerprint density at radius 1 is 1.22 bits per heavy atom. The number of para-hydroxylation sites is 1. The molecule has 1 N–H and O–H groups in total. The van der Waals surface area contributed by atoms with Crippen molar-refractivity contribution in [1.82, 2.24) is 20.2 Å². The molecule has 2 aromatic carbocycles. The van der Waals surface area contributed by atoms with Gasteiger partial charge in [-0.3, -0.25) is 0 Å². The molecule has 3 aromatic rings. The van der Waals surface area contributed by atoms with Crippen molar-refractivity contribution in [3.8, 4) is 11.4 Å². The second kappa shape index (κ2) is 6.37. The Labute approximate surface area is 141 Å². The molecular weight excluding hydrogens is 360 g/mol. The van der Waals surface area contributed by atoms with Crippen molar-refractivity contribution >= 4 is 15.9 Å². The predicted octanol–water partition coefficient (Wildman–Crippen LogP) is 2.91. The number of aromatic amines is 1. The lowest BCUT2D eigenvalue weighted by atomic mass is 10.1. The highest BCUT2D eigenvalue weighted by molar-refractivity contribution is 9.10. The normalized spacial score (nSPS) is 10.7. The van der Waals surface area contributed by atoms with Crippen LogP contribution in [-0.4, -0.2) is 20.2 Å². The van der Waals surface area contributed by atoms with Gasteiger partial charge in [-0.2, -0.15) is 4.68 Å². The molecule has 0 bridgehead atoms. The quantitative estimate of drug-likeness (QED) is 0.761. The third-order valence-electron chi connectivity index (χ3n) is 3.53. The molecule has 0 atom stereocenters. The van der Waals surface area contributed by atoms with Crippen LogP contribution in [0.2, 0.25) is 0 Å². The first-order chi connectivity index (χ1) is 11.1. The van der Waals surface area contributed by atoms with E-state index in [0.717, 1.165) is 26.9 Å². The Kier molecular flexibility index (Phi) is 4.29. The summed E-state index contributed by atoms with van der Waals surface area (Å²) in [6, 6.07) is 11.5. The summed E-state index contributed by atoms with van der Waals surface area (Å²) in [6.07, 6.45) is 0. The van der Waals surface area contributed by atoms with Crippen LogP contribution in [0, 0.1) is 13.8 Å². The first-order valence-electron chi connectivity index (χ1n) is 7.04. The molecule has 23 heavy (non-hydrogen) atoms. The standard InChI is InChI=1S/C16H15BrN4O2/c1-10-8-15(11(2)7-13(10)17)23-9-12-5-3-4-6-14(12)21-16(22)18-19-20-21/h3-8H,9H2,1-2H3,(H,18,20,22). The number of nitrogens with zero attached hydrogens (tertiary/aromatic N) is 3. The van der Waals surface area contributed by atoms with E-state index < -0.39 is 0 Å². The van der Waals surface area contributed by atoms with Gasteiger partial charge in [0.2, 0.25) is 0 Å². The van der Waals surface area contributed by atoms with E-state index in [-0.39, 0.29) is 5.69 Å². The van der Waals surface area contributed by atoms with Crippen LogP contribution in [0.3, 0.4) is 0 Å². The average Bonchev–Trinajstić information content (AvgIpc) is 2.96. The number of ether oxygens (including phenoxy) is 1. The van der Waals surface area contributed by atoms with E-state index in [1.165, 1.54) is 4.68 Å². The maximum atomic E-state index is 11.7. The zero-order valence-electron chi connectivity index (χ0n) is 12.7. The maximum Gasteiger partial charge on any atom is 0.365 e. The molecule has 0 amide bonds. The summed E-state index contributed by atoms with van der Waals surface area (Å²) in [5.74, 6) is 0.813. The van der Waals surface area contributed by atoms with Gasteiger partial charge in [0.15, 0.2) is 0 Å². The van der Waals surface area contributed by atoms with E-state index in [1.807, 2.05) is 50.2 Å². The number of aromatic nitrogens is 4. The molecular formula is C16H15BrN4O2. The molecule has 0 saturated carbocycles. The van der Waals surface area contributed by atoms with E-state index >= 15 is 0 Å². The number of nitrogens with one attached hydrogen (secondary N) is 1. The van der Waals surface area contributed by atoms with Gasteiger partial charge in [-0.1, -0.05) is 34.1 Å². The van der Waals surface area contributed by atoms with Crippen molar-refractivity contribution in [1.29, 1.82) is 0 Å². The largest absolute Gasteiger partial charge is 0.489 e. The summed E-state index contributed by atoms with van der Waals surface area (Å²) >= 11 is 3.51. The highest BCUT2D eigenvalue weighted by atomic mass is 79.9. The molecule has 0 aliphatic heterocycles. The molecule has 1 heterocycles.